The van der Waals surface area contributed by atoms with Crippen LogP contribution in [-0.2, 0) is 14.3 Å². The molecule has 0 saturated carbocycles. The lowest BCUT2D eigenvalue weighted by molar-refractivity contribution is -0.116. The van der Waals surface area contributed by atoms with E-state index in [1.165, 1.54) is 6.20 Å². The molecule has 42 heavy (non-hydrogen) atoms. The standard InChI is InChI=1S/C32H40N6O4/c1-8-10-11-12-21(3)25(9-2)22-15-23-17-28(38-30(40)14-13-29(39)36-24(18-33)19-34-7)35-20-26(23)27(16-22)37-31(41)42-32(4,5)6/h9-20,33-34H,8H2,1-7H3,(H,36,39)(H,37,41)(H,35,38,40)/b11-10+,14-13+,21-12-,24-19+,25-9+,33-18?. The van der Waals surface area contributed by atoms with Crippen molar-refractivity contribution in [3.05, 3.63) is 83.9 Å². The van der Waals surface area contributed by atoms with E-state index in [0.29, 0.717) is 11.1 Å². The Hall–Kier alpha value is -4.99. The van der Waals surface area contributed by atoms with Crippen LogP contribution in [0.15, 0.2) is 78.3 Å². The Balaban J connectivity index is 2.46. The van der Waals surface area contributed by atoms with Crippen LogP contribution < -0.4 is 21.3 Å². The van der Waals surface area contributed by atoms with E-state index in [-0.39, 0.29) is 11.5 Å². The van der Waals surface area contributed by atoms with Crippen LogP contribution in [0.3, 0.4) is 0 Å². The van der Waals surface area contributed by atoms with Crippen LogP contribution >= 0.6 is 0 Å². The number of amides is 3. The van der Waals surface area contributed by atoms with E-state index in [1.54, 1.807) is 40.1 Å². The van der Waals surface area contributed by atoms with Gasteiger partial charge in [-0.2, -0.15) is 0 Å². The second-order valence-corrected chi connectivity index (χ2v) is 10.2. The van der Waals surface area contributed by atoms with Crippen LogP contribution in [0, 0.1) is 5.41 Å². The van der Waals surface area contributed by atoms with Gasteiger partial charge >= 0.3 is 6.09 Å². The zero-order valence-electron chi connectivity index (χ0n) is 25.2. The van der Waals surface area contributed by atoms with Gasteiger partial charge in [0.15, 0.2) is 0 Å². The quantitative estimate of drug-likeness (QED) is 0.123. The van der Waals surface area contributed by atoms with Crippen LogP contribution in [-0.4, -0.2) is 41.8 Å². The highest BCUT2D eigenvalue weighted by Gasteiger charge is 2.18. The molecule has 0 saturated heterocycles. The van der Waals surface area contributed by atoms with Crippen molar-refractivity contribution in [2.24, 2.45) is 0 Å². The summed E-state index contributed by atoms with van der Waals surface area (Å²) >= 11 is 0. The normalized spacial score (nSPS) is 12.9. The molecule has 10 heteroatoms. The Kier molecular flexibility index (Phi) is 12.4. The van der Waals surface area contributed by atoms with E-state index < -0.39 is 23.5 Å². The molecule has 2 rings (SSSR count). The summed E-state index contributed by atoms with van der Waals surface area (Å²) in [6, 6.07) is 5.52. The number of hydrogen-bond acceptors (Lipinski definition) is 7. The average Bonchev–Trinajstić information content (AvgIpc) is 2.91. The summed E-state index contributed by atoms with van der Waals surface area (Å²) in [6.07, 6.45) is 14.5. The number of pyridine rings is 1. The smallest absolute Gasteiger partial charge is 0.412 e. The minimum atomic E-state index is -0.679. The zero-order chi connectivity index (χ0) is 31.3. The van der Waals surface area contributed by atoms with E-state index in [4.69, 9.17) is 10.1 Å². The van der Waals surface area contributed by atoms with E-state index in [1.807, 2.05) is 44.2 Å². The number of aromatic nitrogens is 1. The number of benzene rings is 1. The summed E-state index contributed by atoms with van der Waals surface area (Å²) in [4.78, 5) is 41.6. The topological polar surface area (TPSA) is 145 Å². The van der Waals surface area contributed by atoms with E-state index in [9.17, 15) is 14.4 Å². The Labute approximate surface area is 247 Å². The van der Waals surface area contributed by atoms with Crippen LogP contribution in [0.2, 0.25) is 0 Å². The minimum absolute atomic E-state index is 0.238. The zero-order valence-corrected chi connectivity index (χ0v) is 25.2. The van der Waals surface area contributed by atoms with E-state index >= 15 is 0 Å². The number of fused-ring (bicyclic) bond motifs is 1. The van der Waals surface area contributed by atoms with Crippen molar-refractivity contribution in [3.63, 3.8) is 0 Å². The van der Waals surface area contributed by atoms with Crippen LogP contribution in [0.5, 0.6) is 0 Å². The van der Waals surface area contributed by atoms with Crippen molar-refractivity contribution in [3.8, 4) is 0 Å². The first-order chi connectivity index (χ1) is 19.9. The van der Waals surface area contributed by atoms with Gasteiger partial charge in [-0.15, -0.1) is 0 Å². The highest BCUT2D eigenvalue weighted by Crippen LogP contribution is 2.33. The number of rotatable bonds is 11. The van der Waals surface area contributed by atoms with Gasteiger partial charge in [-0.25, -0.2) is 9.78 Å². The SMILES string of the molecule is C\C=C(/C(C)=C\C=C\CC)c1cc(NC(=O)OC(C)(C)C)c2cnc(NC(=O)/C=C/C(=O)N/C(C=N)=C/NC)cc2c1. The molecule has 1 heterocycles. The lowest BCUT2D eigenvalue weighted by atomic mass is 9.95. The maximum atomic E-state index is 12.7. The fourth-order valence-electron chi connectivity index (χ4n) is 3.83. The van der Waals surface area contributed by atoms with E-state index in [2.05, 4.69) is 39.3 Å². The van der Waals surface area contributed by atoms with Gasteiger partial charge in [-0.1, -0.05) is 31.2 Å². The average molecular weight is 573 g/mol. The molecule has 1 aromatic carbocycles. The Bertz CT molecular complexity index is 1480. The van der Waals surface area contributed by atoms with Gasteiger partial charge in [-0.05, 0) is 81.3 Å². The number of carbonyl (C=O) groups is 3. The van der Waals surface area contributed by atoms with E-state index in [0.717, 1.165) is 46.9 Å². The summed E-state index contributed by atoms with van der Waals surface area (Å²) in [7, 11) is 1.64. The van der Waals surface area contributed by atoms with Crippen LogP contribution in [0.25, 0.3) is 16.3 Å². The Morgan fingerprint density at radius 2 is 1.79 bits per heavy atom. The van der Waals surface area contributed by atoms with Gasteiger partial charge in [0.1, 0.15) is 11.4 Å². The molecule has 1 aromatic heterocycles. The molecule has 0 fully saturated rings. The maximum absolute atomic E-state index is 12.7. The number of nitrogens with zero attached hydrogens (tertiary/aromatic N) is 1. The Morgan fingerprint density at radius 3 is 2.40 bits per heavy atom. The number of carbonyl (C=O) groups excluding carboxylic acids is 3. The predicted octanol–water partition coefficient (Wildman–Crippen LogP) is 6.22. The molecule has 0 radical (unpaired) electrons. The van der Waals surface area contributed by atoms with Crippen LogP contribution in [0.4, 0.5) is 16.3 Å². The monoisotopic (exact) mass is 572 g/mol. The lowest BCUT2D eigenvalue weighted by Gasteiger charge is -2.21. The fraction of sp³-hybridized carbons (Fsp3) is 0.281. The van der Waals surface area contributed by atoms with Gasteiger partial charge in [-0.3, -0.25) is 14.9 Å². The number of nitrogens with one attached hydrogen (secondary N) is 5. The molecule has 0 bridgehead atoms. The summed E-state index contributed by atoms with van der Waals surface area (Å²) < 4.78 is 5.48. The third kappa shape index (κ3) is 10.5. The molecule has 0 aliphatic rings. The molecule has 0 spiro atoms. The summed E-state index contributed by atoms with van der Waals surface area (Å²) in [6.45, 7) is 11.4. The molecule has 2 aromatic rings. The summed E-state index contributed by atoms with van der Waals surface area (Å²) in [5, 5.41) is 19.3. The molecule has 0 aliphatic heterocycles. The van der Waals surface area contributed by atoms with Gasteiger partial charge in [0.25, 0.3) is 0 Å². The van der Waals surface area contributed by atoms with Gasteiger partial charge in [0.2, 0.25) is 11.8 Å². The highest BCUT2D eigenvalue weighted by molar-refractivity contribution is 6.06. The molecule has 10 nitrogen and oxygen atoms in total. The van der Waals surface area contributed by atoms with Crippen molar-refractivity contribution in [1.82, 2.24) is 15.6 Å². The molecular formula is C32H40N6O4. The number of anilines is 2. The largest absolute Gasteiger partial charge is 0.444 e. The van der Waals surface area contributed by atoms with Crippen molar-refractivity contribution in [1.29, 1.82) is 5.41 Å². The predicted molar refractivity (Wildman–Crippen MR) is 170 cm³/mol. The number of ether oxygens (including phenoxy) is 1. The second kappa shape index (κ2) is 15.7. The van der Waals surface area contributed by atoms with Crippen molar-refractivity contribution < 1.29 is 19.1 Å². The molecule has 5 N–H and O–H groups in total. The molecular weight excluding hydrogens is 532 g/mol. The molecule has 0 aliphatic carbocycles. The Morgan fingerprint density at radius 1 is 1.07 bits per heavy atom. The van der Waals surface area contributed by atoms with Gasteiger partial charge in [0.05, 0.1) is 11.4 Å². The number of hydrogen-bond donors (Lipinski definition) is 5. The van der Waals surface area contributed by atoms with Crippen molar-refractivity contribution in [2.75, 3.05) is 17.7 Å². The first-order valence-corrected chi connectivity index (χ1v) is 13.5. The third-order valence-corrected chi connectivity index (χ3v) is 5.58. The van der Waals surface area contributed by atoms with Crippen LogP contribution in [0.1, 0.15) is 53.5 Å². The van der Waals surface area contributed by atoms with Gasteiger partial charge in [0, 0.05) is 43.2 Å². The minimum Gasteiger partial charge on any atom is -0.444 e. The molecule has 222 valence electrons. The lowest BCUT2D eigenvalue weighted by Crippen LogP contribution is -2.27. The van der Waals surface area contributed by atoms with Crippen molar-refractivity contribution in [2.45, 2.75) is 53.6 Å². The highest BCUT2D eigenvalue weighted by atomic mass is 16.6. The molecule has 0 atom stereocenters. The van der Waals surface area contributed by atoms with Gasteiger partial charge < -0.3 is 26.1 Å². The maximum Gasteiger partial charge on any atom is 0.412 e. The summed E-state index contributed by atoms with van der Waals surface area (Å²) in [5.41, 5.74) is 2.92. The molecule has 0 unspecified atom stereocenters. The number of allylic oxidation sites excluding steroid dienone is 7. The second-order valence-electron chi connectivity index (χ2n) is 10.2. The molecule has 3 amide bonds. The first-order valence-electron chi connectivity index (χ1n) is 13.5. The summed E-state index contributed by atoms with van der Waals surface area (Å²) in [5.74, 6) is -0.876. The third-order valence-electron chi connectivity index (χ3n) is 5.58. The van der Waals surface area contributed by atoms with Crippen molar-refractivity contribution >= 4 is 52.0 Å². The fourth-order valence-corrected chi connectivity index (χ4v) is 3.83. The first kappa shape index (κ1) is 33.2.